The van der Waals surface area contributed by atoms with Gasteiger partial charge >= 0.3 is 0 Å². The van der Waals surface area contributed by atoms with E-state index in [0.717, 1.165) is 58.9 Å². The highest BCUT2D eigenvalue weighted by Gasteiger charge is 2.20. The predicted octanol–water partition coefficient (Wildman–Crippen LogP) is 4.91. The first-order chi connectivity index (χ1) is 16.1. The molecule has 0 radical (unpaired) electrons. The highest BCUT2D eigenvalue weighted by molar-refractivity contribution is 5.94. The Morgan fingerprint density at radius 3 is 2.36 bits per heavy atom. The van der Waals surface area contributed by atoms with Crippen LogP contribution in [0.15, 0.2) is 54.6 Å². The summed E-state index contributed by atoms with van der Waals surface area (Å²) in [5.74, 6) is 1.52. The lowest BCUT2D eigenvalue weighted by atomic mass is 10.1. The Bertz CT molecular complexity index is 1330. The zero-order valence-electron chi connectivity index (χ0n) is 19.0. The number of amides is 1. The Morgan fingerprint density at radius 1 is 0.879 bits per heavy atom. The van der Waals surface area contributed by atoms with Crippen LogP contribution in [0.2, 0.25) is 0 Å². The van der Waals surface area contributed by atoms with Crippen LogP contribution in [0.25, 0.3) is 28.2 Å². The van der Waals surface area contributed by atoms with Gasteiger partial charge in [-0.3, -0.25) is 4.79 Å². The van der Waals surface area contributed by atoms with Crippen LogP contribution in [0.5, 0.6) is 11.5 Å². The van der Waals surface area contributed by atoms with Gasteiger partial charge in [-0.1, -0.05) is 12.1 Å². The van der Waals surface area contributed by atoms with E-state index in [1.807, 2.05) is 70.9 Å². The molecule has 1 saturated heterocycles. The fourth-order valence-corrected chi connectivity index (χ4v) is 4.40. The van der Waals surface area contributed by atoms with Gasteiger partial charge in [0.1, 0.15) is 0 Å². The minimum Gasteiger partial charge on any atom is -0.493 e. The highest BCUT2D eigenvalue weighted by Crippen LogP contribution is 2.33. The lowest BCUT2D eigenvalue weighted by Gasteiger charge is -2.26. The van der Waals surface area contributed by atoms with Crippen molar-refractivity contribution in [2.24, 2.45) is 0 Å². The molecule has 1 fully saturated rings. The number of methoxy groups -OCH3 is 2. The Kier molecular flexibility index (Phi) is 5.46. The van der Waals surface area contributed by atoms with Gasteiger partial charge in [0.15, 0.2) is 17.1 Å². The van der Waals surface area contributed by atoms with Crippen molar-refractivity contribution in [3.63, 3.8) is 0 Å². The maximum Gasteiger partial charge on any atom is 0.226 e. The van der Waals surface area contributed by atoms with Gasteiger partial charge in [-0.15, -0.1) is 0 Å². The molecule has 33 heavy (non-hydrogen) atoms. The first kappa shape index (κ1) is 21.0. The molecule has 3 heterocycles. The van der Waals surface area contributed by atoms with E-state index in [1.165, 1.54) is 0 Å². The molecule has 0 bridgehead atoms. The molecule has 2 aromatic carbocycles. The molecule has 0 atom stereocenters. The van der Waals surface area contributed by atoms with E-state index in [0.29, 0.717) is 17.9 Å². The number of hydrogen-bond acceptors (Lipinski definition) is 5. The van der Waals surface area contributed by atoms with E-state index in [-0.39, 0.29) is 5.91 Å². The Morgan fingerprint density at radius 2 is 1.64 bits per heavy atom. The van der Waals surface area contributed by atoms with Crippen LogP contribution in [0.1, 0.15) is 25.0 Å². The van der Waals surface area contributed by atoms with Gasteiger partial charge in [-0.05, 0) is 62.2 Å². The summed E-state index contributed by atoms with van der Waals surface area (Å²) in [6.45, 7) is 2.77. The predicted molar refractivity (Wildman–Crippen MR) is 128 cm³/mol. The molecule has 4 aromatic rings. The van der Waals surface area contributed by atoms with Gasteiger partial charge in [0.25, 0.3) is 0 Å². The minimum atomic E-state index is 0.196. The summed E-state index contributed by atoms with van der Waals surface area (Å²) in [6.07, 6.45) is 2.64. The number of imidazole rings is 1. The number of ether oxygens (including phenoxy) is 2. The van der Waals surface area contributed by atoms with Gasteiger partial charge in [0.05, 0.1) is 31.3 Å². The summed E-state index contributed by atoms with van der Waals surface area (Å²) >= 11 is 0. The van der Waals surface area contributed by atoms with Crippen LogP contribution in [0.3, 0.4) is 0 Å². The van der Waals surface area contributed by atoms with E-state index < -0.39 is 0 Å². The molecule has 7 nitrogen and oxygen atoms in total. The fourth-order valence-electron chi connectivity index (χ4n) is 4.40. The summed E-state index contributed by atoms with van der Waals surface area (Å²) in [6, 6.07) is 17.8. The number of benzene rings is 2. The molecule has 0 spiro atoms. The number of rotatable bonds is 5. The molecule has 7 heteroatoms. The number of aryl methyl sites for hydroxylation is 1. The standard InChI is InChI=1S/C26H26N4O3/c1-17-26(18-7-10-20(11-8-18)29-15-5-4-6-25(29)31)30-24(27-17)14-12-21(28-30)19-9-13-22(32-2)23(16-19)33-3/h7-14,16H,4-6,15H2,1-3H3. The maximum absolute atomic E-state index is 12.3. The Labute approximate surface area is 192 Å². The van der Waals surface area contributed by atoms with Crippen LogP contribution in [0, 0.1) is 6.92 Å². The molecule has 0 unspecified atom stereocenters. The topological polar surface area (TPSA) is 69.0 Å². The molecular weight excluding hydrogens is 416 g/mol. The van der Waals surface area contributed by atoms with Crippen LogP contribution < -0.4 is 14.4 Å². The average Bonchev–Trinajstić information content (AvgIpc) is 3.19. The molecule has 168 valence electrons. The number of carbonyl (C=O) groups excluding carboxylic acids is 1. The van der Waals surface area contributed by atoms with Crippen molar-refractivity contribution in [1.82, 2.24) is 14.6 Å². The fraction of sp³-hybridized carbons (Fsp3) is 0.269. The third-order valence-corrected chi connectivity index (χ3v) is 6.11. The summed E-state index contributed by atoms with van der Waals surface area (Å²) in [4.78, 5) is 18.9. The summed E-state index contributed by atoms with van der Waals surface area (Å²) in [5, 5.41) is 4.89. The SMILES string of the molecule is COc1ccc(-c2ccc3nc(C)c(-c4ccc(N5CCCCC5=O)cc4)n3n2)cc1OC. The van der Waals surface area contributed by atoms with Crippen molar-refractivity contribution < 1.29 is 14.3 Å². The quantitative estimate of drug-likeness (QED) is 0.439. The van der Waals surface area contributed by atoms with Crippen LogP contribution in [-0.2, 0) is 4.79 Å². The molecule has 1 aliphatic heterocycles. The second kappa shape index (κ2) is 8.58. The molecule has 0 N–H and O–H groups in total. The van der Waals surface area contributed by atoms with Crippen LogP contribution in [-0.4, -0.2) is 41.3 Å². The van der Waals surface area contributed by atoms with Crippen molar-refractivity contribution in [1.29, 1.82) is 0 Å². The smallest absolute Gasteiger partial charge is 0.226 e. The summed E-state index contributed by atoms with van der Waals surface area (Å²) in [5.41, 5.74) is 6.28. The number of fused-ring (bicyclic) bond motifs is 1. The lowest BCUT2D eigenvalue weighted by molar-refractivity contribution is -0.119. The second-order valence-electron chi connectivity index (χ2n) is 8.15. The van der Waals surface area contributed by atoms with Crippen LogP contribution in [0.4, 0.5) is 5.69 Å². The highest BCUT2D eigenvalue weighted by atomic mass is 16.5. The van der Waals surface area contributed by atoms with Gasteiger partial charge < -0.3 is 14.4 Å². The monoisotopic (exact) mass is 442 g/mol. The van der Waals surface area contributed by atoms with Crippen molar-refractivity contribution in [2.45, 2.75) is 26.2 Å². The number of piperidine rings is 1. The molecule has 1 aliphatic rings. The number of anilines is 1. The largest absolute Gasteiger partial charge is 0.493 e. The molecule has 5 rings (SSSR count). The molecule has 2 aromatic heterocycles. The Hall–Kier alpha value is -3.87. The molecule has 1 amide bonds. The normalized spacial score (nSPS) is 14.0. The molecule has 0 aliphatic carbocycles. The first-order valence-corrected chi connectivity index (χ1v) is 11.1. The van der Waals surface area contributed by atoms with E-state index in [9.17, 15) is 4.79 Å². The zero-order valence-corrected chi connectivity index (χ0v) is 19.0. The van der Waals surface area contributed by atoms with Crippen molar-refractivity contribution in [3.8, 4) is 34.0 Å². The van der Waals surface area contributed by atoms with Gasteiger partial charge in [0.2, 0.25) is 5.91 Å². The summed E-state index contributed by atoms with van der Waals surface area (Å²) < 4.78 is 12.7. The molecule has 0 saturated carbocycles. The van der Waals surface area contributed by atoms with Crippen LogP contribution >= 0.6 is 0 Å². The zero-order chi connectivity index (χ0) is 22.9. The number of nitrogens with zero attached hydrogens (tertiary/aromatic N) is 4. The van der Waals surface area contributed by atoms with Gasteiger partial charge in [0, 0.05) is 29.8 Å². The average molecular weight is 443 g/mol. The van der Waals surface area contributed by atoms with E-state index in [2.05, 4.69) is 0 Å². The third kappa shape index (κ3) is 3.80. The number of hydrogen-bond donors (Lipinski definition) is 0. The van der Waals surface area contributed by atoms with E-state index in [4.69, 9.17) is 19.6 Å². The second-order valence-corrected chi connectivity index (χ2v) is 8.15. The van der Waals surface area contributed by atoms with E-state index in [1.54, 1.807) is 14.2 Å². The minimum absolute atomic E-state index is 0.196. The van der Waals surface area contributed by atoms with Crippen molar-refractivity contribution in [2.75, 3.05) is 25.7 Å². The van der Waals surface area contributed by atoms with E-state index >= 15 is 0 Å². The number of aromatic nitrogens is 3. The number of carbonyl (C=O) groups is 1. The van der Waals surface area contributed by atoms with Gasteiger partial charge in [-0.2, -0.15) is 5.10 Å². The lowest BCUT2D eigenvalue weighted by Crippen LogP contribution is -2.35. The molecular formula is C26H26N4O3. The summed E-state index contributed by atoms with van der Waals surface area (Å²) in [7, 11) is 3.24. The Balaban J connectivity index is 1.54. The third-order valence-electron chi connectivity index (χ3n) is 6.11. The van der Waals surface area contributed by atoms with Crippen molar-refractivity contribution in [3.05, 3.63) is 60.3 Å². The first-order valence-electron chi connectivity index (χ1n) is 11.1. The maximum atomic E-state index is 12.3. The van der Waals surface area contributed by atoms with Gasteiger partial charge in [-0.25, -0.2) is 9.50 Å². The van der Waals surface area contributed by atoms with Crippen molar-refractivity contribution >= 4 is 17.2 Å².